The minimum absolute atomic E-state index is 0.412. The van der Waals surface area contributed by atoms with Gasteiger partial charge in [-0.25, -0.2) is 0 Å². The summed E-state index contributed by atoms with van der Waals surface area (Å²) in [6.45, 7) is 4.36. The number of rotatable bonds is 3. The molecule has 18 heavy (non-hydrogen) atoms. The number of hydrogen-bond donors (Lipinski definition) is 1. The van der Waals surface area contributed by atoms with E-state index >= 15 is 0 Å². The molecule has 0 saturated heterocycles. The molecule has 2 N–H and O–H groups in total. The molecular formula is C14H15BrN2O. The number of nitrogens with zero attached hydrogens (tertiary/aromatic N) is 1. The zero-order valence-electron chi connectivity index (χ0n) is 10.4. The molecule has 2 aromatic rings. The van der Waals surface area contributed by atoms with Crippen molar-refractivity contribution in [2.45, 2.75) is 20.4 Å². The molecule has 0 bridgehead atoms. The number of pyridine rings is 1. The number of aryl methyl sites for hydroxylation is 2. The Balaban J connectivity index is 2.38. The summed E-state index contributed by atoms with van der Waals surface area (Å²) in [6, 6.07) is 7.85. The van der Waals surface area contributed by atoms with Crippen LogP contribution in [-0.4, -0.2) is 4.98 Å². The minimum Gasteiger partial charge on any atom is -0.457 e. The summed E-state index contributed by atoms with van der Waals surface area (Å²) in [5, 5.41) is 0. The Morgan fingerprint density at radius 1 is 1.22 bits per heavy atom. The van der Waals surface area contributed by atoms with Gasteiger partial charge in [0.2, 0.25) is 0 Å². The third kappa shape index (κ3) is 2.89. The predicted octanol–water partition coefficient (Wildman–Crippen LogP) is 3.71. The average molecular weight is 307 g/mol. The lowest BCUT2D eigenvalue weighted by atomic mass is 10.2. The molecule has 0 amide bonds. The Hall–Kier alpha value is -1.39. The monoisotopic (exact) mass is 306 g/mol. The molecule has 1 aromatic carbocycles. The van der Waals surface area contributed by atoms with Gasteiger partial charge in [0.05, 0.1) is 0 Å². The molecular weight excluding hydrogens is 292 g/mol. The van der Waals surface area contributed by atoms with E-state index < -0.39 is 0 Å². The topological polar surface area (TPSA) is 48.1 Å². The van der Waals surface area contributed by atoms with Crippen molar-refractivity contribution in [3.8, 4) is 11.5 Å². The van der Waals surface area contributed by atoms with Crippen LogP contribution in [0.25, 0.3) is 0 Å². The van der Waals surface area contributed by atoms with Gasteiger partial charge in [0.15, 0.2) is 0 Å². The van der Waals surface area contributed by atoms with Crippen molar-refractivity contribution in [3.63, 3.8) is 0 Å². The molecule has 0 aliphatic carbocycles. The maximum atomic E-state index is 5.94. The van der Waals surface area contributed by atoms with Gasteiger partial charge in [-0.05, 0) is 31.5 Å². The van der Waals surface area contributed by atoms with Crippen molar-refractivity contribution in [1.82, 2.24) is 4.98 Å². The maximum absolute atomic E-state index is 5.94. The first kappa shape index (κ1) is 13.1. The first-order valence-corrected chi connectivity index (χ1v) is 6.49. The predicted molar refractivity (Wildman–Crippen MR) is 75.8 cm³/mol. The van der Waals surface area contributed by atoms with Crippen LogP contribution in [-0.2, 0) is 6.54 Å². The normalized spacial score (nSPS) is 10.4. The average Bonchev–Trinajstić information content (AvgIpc) is 2.34. The van der Waals surface area contributed by atoms with Crippen molar-refractivity contribution in [2.75, 3.05) is 0 Å². The van der Waals surface area contributed by atoms with Crippen LogP contribution in [0.2, 0.25) is 0 Å². The highest BCUT2D eigenvalue weighted by atomic mass is 79.9. The Morgan fingerprint density at radius 3 is 2.72 bits per heavy atom. The molecule has 1 aromatic heterocycles. The number of hydrogen-bond acceptors (Lipinski definition) is 3. The molecule has 1 heterocycles. The van der Waals surface area contributed by atoms with Crippen LogP contribution in [0.15, 0.2) is 34.9 Å². The summed E-state index contributed by atoms with van der Waals surface area (Å²) in [5.74, 6) is 1.59. The summed E-state index contributed by atoms with van der Waals surface area (Å²) in [4.78, 5) is 4.22. The van der Waals surface area contributed by atoms with E-state index in [1.54, 1.807) is 6.20 Å². The summed E-state index contributed by atoms with van der Waals surface area (Å²) in [6.07, 6.45) is 1.76. The van der Waals surface area contributed by atoms with Crippen LogP contribution in [0, 0.1) is 13.8 Å². The van der Waals surface area contributed by atoms with Gasteiger partial charge in [-0.3, -0.25) is 4.98 Å². The smallest absolute Gasteiger partial charge is 0.135 e. The Bertz CT molecular complexity index is 570. The van der Waals surface area contributed by atoms with Crippen molar-refractivity contribution < 1.29 is 4.74 Å². The first-order valence-electron chi connectivity index (χ1n) is 5.69. The molecule has 0 spiro atoms. The van der Waals surface area contributed by atoms with Crippen molar-refractivity contribution in [2.24, 2.45) is 5.73 Å². The highest BCUT2D eigenvalue weighted by Gasteiger charge is 2.07. The van der Waals surface area contributed by atoms with Crippen LogP contribution in [0.1, 0.15) is 16.8 Å². The molecule has 0 aliphatic heterocycles. The molecule has 0 aliphatic rings. The summed E-state index contributed by atoms with van der Waals surface area (Å²) in [7, 11) is 0. The van der Waals surface area contributed by atoms with E-state index in [-0.39, 0.29) is 0 Å². The van der Waals surface area contributed by atoms with Crippen molar-refractivity contribution in [1.29, 1.82) is 0 Å². The van der Waals surface area contributed by atoms with Crippen molar-refractivity contribution >= 4 is 15.9 Å². The molecule has 0 fully saturated rings. The number of aromatic nitrogens is 1. The van der Waals surface area contributed by atoms with Gasteiger partial charge in [-0.15, -0.1) is 0 Å². The molecule has 2 rings (SSSR count). The van der Waals surface area contributed by atoms with Crippen LogP contribution < -0.4 is 10.5 Å². The van der Waals surface area contributed by atoms with E-state index in [9.17, 15) is 0 Å². The zero-order chi connectivity index (χ0) is 13.1. The van der Waals surface area contributed by atoms with Gasteiger partial charge in [0.1, 0.15) is 11.5 Å². The minimum atomic E-state index is 0.412. The molecule has 0 saturated carbocycles. The van der Waals surface area contributed by atoms with E-state index in [1.807, 2.05) is 38.1 Å². The second-order valence-electron chi connectivity index (χ2n) is 4.15. The Labute approximate surface area is 115 Å². The second kappa shape index (κ2) is 5.50. The standard InChI is InChI=1S/C14H15BrN2O/c1-9-3-4-12(15)6-13(9)18-14-5-10(2)17-8-11(14)7-16/h3-6,8H,7,16H2,1-2H3. The molecule has 0 atom stereocenters. The summed E-state index contributed by atoms with van der Waals surface area (Å²) in [5.41, 5.74) is 8.59. The van der Waals surface area contributed by atoms with E-state index in [0.29, 0.717) is 6.54 Å². The van der Waals surface area contributed by atoms with E-state index in [2.05, 4.69) is 20.9 Å². The largest absolute Gasteiger partial charge is 0.457 e. The van der Waals surface area contributed by atoms with Gasteiger partial charge in [-0.2, -0.15) is 0 Å². The summed E-state index contributed by atoms with van der Waals surface area (Å²) >= 11 is 3.44. The highest BCUT2D eigenvalue weighted by Crippen LogP contribution is 2.30. The highest BCUT2D eigenvalue weighted by molar-refractivity contribution is 9.10. The van der Waals surface area contributed by atoms with Crippen molar-refractivity contribution in [3.05, 3.63) is 51.8 Å². The third-order valence-electron chi connectivity index (χ3n) is 2.67. The van der Waals surface area contributed by atoms with Crippen LogP contribution in [0.3, 0.4) is 0 Å². The fraction of sp³-hybridized carbons (Fsp3) is 0.214. The first-order chi connectivity index (χ1) is 8.60. The zero-order valence-corrected chi connectivity index (χ0v) is 12.0. The maximum Gasteiger partial charge on any atom is 0.135 e. The quantitative estimate of drug-likeness (QED) is 0.940. The lowest BCUT2D eigenvalue weighted by Crippen LogP contribution is -2.01. The lowest BCUT2D eigenvalue weighted by Gasteiger charge is -2.12. The fourth-order valence-corrected chi connectivity index (χ4v) is 1.95. The molecule has 4 heteroatoms. The van der Waals surface area contributed by atoms with Crippen LogP contribution in [0.5, 0.6) is 11.5 Å². The van der Waals surface area contributed by atoms with E-state index in [0.717, 1.165) is 32.8 Å². The third-order valence-corrected chi connectivity index (χ3v) is 3.16. The molecule has 0 radical (unpaired) electrons. The van der Waals surface area contributed by atoms with Gasteiger partial charge in [0.25, 0.3) is 0 Å². The van der Waals surface area contributed by atoms with Gasteiger partial charge < -0.3 is 10.5 Å². The molecule has 0 unspecified atom stereocenters. The summed E-state index contributed by atoms with van der Waals surface area (Å²) < 4.78 is 6.93. The van der Waals surface area contributed by atoms with E-state index in [1.165, 1.54) is 0 Å². The van der Waals surface area contributed by atoms with Gasteiger partial charge >= 0.3 is 0 Å². The van der Waals surface area contributed by atoms with Crippen LogP contribution in [0.4, 0.5) is 0 Å². The SMILES string of the molecule is Cc1cc(Oc2cc(Br)ccc2C)c(CN)cn1. The van der Waals surface area contributed by atoms with Gasteiger partial charge in [0, 0.05) is 34.5 Å². The van der Waals surface area contributed by atoms with E-state index in [4.69, 9.17) is 10.5 Å². The Morgan fingerprint density at radius 2 is 2.00 bits per heavy atom. The molecule has 3 nitrogen and oxygen atoms in total. The second-order valence-corrected chi connectivity index (χ2v) is 5.07. The van der Waals surface area contributed by atoms with Gasteiger partial charge in [-0.1, -0.05) is 22.0 Å². The lowest BCUT2D eigenvalue weighted by molar-refractivity contribution is 0.471. The number of benzene rings is 1. The number of ether oxygens (including phenoxy) is 1. The molecule has 94 valence electrons. The Kier molecular flexibility index (Phi) is 3.99. The fourth-order valence-electron chi connectivity index (χ4n) is 1.61. The number of nitrogens with two attached hydrogens (primary N) is 1. The van der Waals surface area contributed by atoms with Crippen LogP contribution >= 0.6 is 15.9 Å². The number of halogens is 1.